The zero-order valence-corrected chi connectivity index (χ0v) is 19.6. The van der Waals surface area contributed by atoms with Crippen molar-refractivity contribution < 1.29 is 13.2 Å². The second-order valence-corrected chi connectivity index (χ2v) is 12.2. The van der Waals surface area contributed by atoms with E-state index >= 15 is 0 Å². The van der Waals surface area contributed by atoms with Gasteiger partial charge in [-0.25, -0.2) is 8.42 Å². The Morgan fingerprint density at radius 2 is 1.65 bits per heavy atom. The summed E-state index contributed by atoms with van der Waals surface area (Å²) in [6, 6.07) is 6.06. The van der Waals surface area contributed by atoms with Crippen molar-refractivity contribution in [3.63, 3.8) is 0 Å². The van der Waals surface area contributed by atoms with Gasteiger partial charge >= 0.3 is 0 Å². The van der Waals surface area contributed by atoms with E-state index < -0.39 is 10.0 Å². The molecule has 3 fully saturated rings. The van der Waals surface area contributed by atoms with Gasteiger partial charge in [-0.1, -0.05) is 25.8 Å². The van der Waals surface area contributed by atoms with Gasteiger partial charge in [-0.2, -0.15) is 4.31 Å². The molecule has 2 aliphatic carbocycles. The Bertz CT molecular complexity index is 936. The largest absolute Gasteiger partial charge is 0.339 e. The molecule has 0 aromatic heterocycles. The lowest BCUT2D eigenvalue weighted by Gasteiger charge is -2.48. The van der Waals surface area contributed by atoms with Gasteiger partial charge in [0.2, 0.25) is 15.9 Å². The third-order valence-corrected chi connectivity index (χ3v) is 10.4. The zero-order chi connectivity index (χ0) is 21.6. The van der Waals surface area contributed by atoms with E-state index in [9.17, 15) is 13.2 Å². The van der Waals surface area contributed by atoms with Crippen LogP contribution < -0.4 is 0 Å². The SMILES string of the molecule is CC1CCN(C(=O)C2CCN(S(=O)(=O)c3ccc4c(c3)CCC4)CC2)C2CCCCC12. The van der Waals surface area contributed by atoms with Gasteiger partial charge in [-0.05, 0) is 86.5 Å². The average molecular weight is 445 g/mol. The number of benzene rings is 1. The molecular weight excluding hydrogens is 408 g/mol. The van der Waals surface area contributed by atoms with Crippen LogP contribution in [0.4, 0.5) is 0 Å². The summed E-state index contributed by atoms with van der Waals surface area (Å²) in [6.45, 7) is 4.14. The summed E-state index contributed by atoms with van der Waals surface area (Å²) < 4.78 is 28.0. The number of hydrogen-bond acceptors (Lipinski definition) is 3. The molecule has 170 valence electrons. The predicted molar refractivity (Wildman–Crippen MR) is 121 cm³/mol. The molecule has 0 spiro atoms. The molecule has 5 rings (SSSR count). The van der Waals surface area contributed by atoms with Gasteiger partial charge in [0.25, 0.3) is 0 Å². The van der Waals surface area contributed by atoms with E-state index in [1.807, 2.05) is 12.1 Å². The number of carbonyl (C=O) groups excluding carboxylic acids is 1. The van der Waals surface area contributed by atoms with Crippen molar-refractivity contribution in [1.29, 1.82) is 0 Å². The van der Waals surface area contributed by atoms with Crippen molar-refractivity contribution >= 4 is 15.9 Å². The molecule has 1 aromatic carbocycles. The van der Waals surface area contributed by atoms with Crippen molar-refractivity contribution in [3.8, 4) is 0 Å². The molecule has 1 saturated carbocycles. The van der Waals surface area contributed by atoms with Crippen LogP contribution in [0.25, 0.3) is 0 Å². The normalized spacial score (nSPS) is 30.1. The minimum Gasteiger partial charge on any atom is -0.339 e. The van der Waals surface area contributed by atoms with Crippen LogP contribution in [-0.2, 0) is 27.7 Å². The first-order chi connectivity index (χ1) is 14.9. The molecule has 1 amide bonds. The molecule has 3 unspecified atom stereocenters. The molecule has 0 N–H and O–H groups in total. The van der Waals surface area contributed by atoms with Crippen molar-refractivity contribution in [2.75, 3.05) is 19.6 Å². The van der Waals surface area contributed by atoms with Gasteiger partial charge in [-0.15, -0.1) is 0 Å². The Hall–Kier alpha value is -1.40. The average Bonchev–Trinajstić information content (AvgIpc) is 3.27. The van der Waals surface area contributed by atoms with Crippen molar-refractivity contribution in [2.24, 2.45) is 17.8 Å². The molecule has 2 heterocycles. The van der Waals surface area contributed by atoms with Gasteiger partial charge in [0, 0.05) is 31.6 Å². The Morgan fingerprint density at radius 3 is 2.45 bits per heavy atom. The summed E-state index contributed by atoms with van der Waals surface area (Å²) in [5.41, 5.74) is 2.48. The molecule has 5 nitrogen and oxygen atoms in total. The van der Waals surface area contributed by atoms with E-state index in [1.54, 1.807) is 10.4 Å². The number of nitrogens with zero attached hydrogens (tertiary/aromatic N) is 2. The lowest BCUT2D eigenvalue weighted by atomic mass is 9.72. The third kappa shape index (κ3) is 3.95. The van der Waals surface area contributed by atoms with Crippen molar-refractivity contribution in [2.45, 2.75) is 82.1 Å². The number of rotatable bonds is 3. The minimum absolute atomic E-state index is 0.0255. The molecule has 2 saturated heterocycles. The van der Waals surface area contributed by atoms with Crippen LogP contribution in [0.3, 0.4) is 0 Å². The summed E-state index contributed by atoms with van der Waals surface area (Å²) in [5, 5.41) is 0. The van der Waals surface area contributed by atoms with Gasteiger partial charge < -0.3 is 4.90 Å². The predicted octanol–water partition coefficient (Wildman–Crippen LogP) is 4.00. The smallest absolute Gasteiger partial charge is 0.243 e. The van der Waals surface area contributed by atoms with Gasteiger partial charge in [0.1, 0.15) is 0 Å². The maximum Gasteiger partial charge on any atom is 0.243 e. The molecule has 0 radical (unpaired) electrons. The fourth-order valence-electron chi connectivity index (χ4n) is 6.62. The zero-order valence-electron chi connectivity index (χ0n) is 18.8. The van der Waals surface area contributed by atoms with E-state index in [0.29, 0.717) is 54.6 Å². The number of piperidine rings is 2. The first kappa shape index (κ1) is 21.4. The van der Waals surface area contributed by atoms with Crippen LogP contribution in [-0.4, -0.2) is 49.2 Å². The van der Waals surface area contributed by atoms with Crippen LogP contribution in [0.1, 0.15) is 69.4 Å². The molecule has 31 heavy (non-hydrogen) atoms. The highest BCUT2D eigenvalue weighted by Crippen LogP contribution is 2.40. The Balaban J connectivity index is 1.24. The summed E-state index contributed by atoms with van der Waals surface area (Å²) in [7, 11) is -3.48. The lowest BCUT2D eigenvalue weighted by Crippen LogP contribution is -2.55. The number of fused-ring (bicyclic) bond motifs is 2. The van der Waals surface area contributed by atoms with Crippen LogP contribution >= 0.6 is 0 Å². The highest BCUT2D eigenvalue weighted by molar-refractivity contribution is 7.89. The quantitative estimate of drug-likeness (QED) is 0.708. The number of hydrogen-bond donors (Lipinski definition) is 0. The van der Waals surface area contributed by atoms with E-state index in [-0.39, 0.29) is 5.92 Å². The Kier molecular flexibility index (Phi) is 5.89. The van der Waals surface area contributed by atoms with Crippen LogP contribution in [0.2, 0.25) is 0 Å². The molecule has 0 bridgehead atoms. The Labute approximate surface area is 187 Å². The lowest BCUT2D eigenvalue weighted by molar-refractivity contribution is -0.144. The van der Waals surface area contributed by atoms with E-state index in [4.69, 9.17) is 0 Å². The number of amides is 1. The molecule has 4 aliphatic rings. The monoisotopic (exact) mass is 444 g/mol. The van der Waals surface area contributed by atoms with Crippen LogP contribution in [0.5, 0.6) is 0 Å². The highest BCUT2D eigenvalue weighted by Gasteiger charge is 2.42. The first-order valence-corrected chi connectivity index (χ1v) is 13.8. The minimum atomic E-state index is -3.48. The standard InChI is InChI=1S/C25H36N2O3S/c1-18-11-16-27(24-8-3-2-7-23(18)24)25(28)20-12-14-26(15-13-20)31(29,30)22-10-9-19-5-4-6-21(19)17-22/h9-10,17-18,20,23-24H,2-8,11-16H2,1H3. The number of likely N-dealkylation sites (tertiary alicyclic amines) is 1. The summed E-state index contributed by atoms with van der Waals surface area (Å²) in [4.78, 5) is 16.0. The highest BCUT2D eigenvalue weighted by atomic mass is 32.2. The van der Waals surface area contributed by atoms with Gasteiger partial charge in [-0.3, -0.25) is 4.79 Å². The number of sulfonamides is 1. The maximum absolute atomic E-state index is 13.4. The maximum atomic E-state index is 13.4. The molecule has 1 aromatic rings. The summed E-state index contributed by atoms with van der Waals surface area (Å²) in [6.07, 6.45) is 10.5. The van der Waals surface area contributed by atoms with Gasteiger partial charge in [0.15, 0.2) is 0 Å². The number of carbonyl (C=O) groups is 1. The summed E-state index contributed by atoms with van der Waals surface area (Å²) >= 11 is 0. The molecular formula is C25H36N2O3S. The number of aryl methyl sites for hydroxylation is 2. The fourth-order valence-corrected chi connectivity index (χ4v) is 8.14. The summed E-state index contributed by atoms with van der Waals surface area (Å²) in [5.74, 6) is 1.64. The molecule has 6 heteroatoms. The van der Waals surface area contributed by atoms with Crippen molar-refractivity contribution in [3.05, 3.63) is 29.3 Å². The fraction of sp³-hybridized carbons (Fsp3) is 0.720. The van der Waals surface area contributed by atoms with Crippen LogP contribution in [0.15, 0.2) is 23.1 Å². The van der Waals surface area contributed by atoms with Gasteiger partial charge in [0.05, 0.1) is 4.90 Å². The first-order valence-electron chi connectivity index (χ1n) is 12.4. The van der Waals surface area contributed by atoms with Crippen molar-refractivity contribution in [1.82, 2.24) is 9.21 Å². The third-order valence-electron chi connectivity index (χ3n) is 8.53. The topological polar surface area (TPSA) is 57.7 Å². The second-order valence-electron chi connectivity index (χ2n) is 10.3. The Morgan fingerprint density at radius 1 is 0.903 bits per heavy atom. The van der Waals surface area contributed by atoms with E-state index in [1.165, 1.54) is 30.4 Å². The van der Waals surface area contributed by atoms with E-state index in [0.717, 1.165) is 38.6 Å². The van der Waals surface area contributed by atoms with Crippen LogP contribution in [0, 0.1) is 17.8 Å². The molecule has 2 aliphatic heterocycles. The van der Waals surface area contributed by atoms with E-state index in [2.05, 4.69) is 11.8 Å². The second kappa shape index (κ2) is 8.51. The molecule has 3 atom stereocenters.